The van der Waals surface area contributed by atoms with Gasteiger partial charge in [0.2, 0.25) is 11.4 Å². The number of ketones is 1. The third-order valence-corrected chi connectivity index (χ3v) is 12.3. The molecule has 4 atom stereocenters. The van der Waals surface area contributed by atoms with Crippen LogP contribution in [-0.2, 0) is 13.9 Å². The van der Waals surface area contributed by atoms with Crippen molar-refractivity contribution in [2.24, 2.45) is 20.7 Å². The average Bonchev–Trinajstić information content (AvgIpc) is 3.45. The number of Topliss-reactive ketones (excluding diaryl/α,β-unsaturated/α-hetero) is 1. The van der Waals surface area contributed by atoms with E-state index in [4.69, 9.17) is 19.6 Å². The molecule has 36 heavy (non-hydrogen) atoms. The highest BCUT2D eigenvalue weighted by Gasteiger charge is 2.50. The fourth-order valence-electron chi connectivity index (χ4n) is 4.17. The Labute approximate surface area is 218 Å². The molecule has 1 aromatic carbocycles. The maximum atomic E-state index is 13.3. The number of thioether (sulfide) groups is 1. The van der Waals surface area contributed by atoms with E-state index >= 15 is 0 Å². The first-order valence-electron chi connectivity index (χ1n) is 12.2. The first-order chi connectivity index (χ1) is 17.0. The van der Waals surface area contributed by atoms with Crippen LogP contribution in [0.4, 0.5) is 0 Å². The summed E-state index contributed by atoms with van der Waals surface area (Å²) in [7, 11) is -1.95. The summed E-state index contributed by atoms with van der Waals surface area (Å²) in [6.45, 7) is 11.9. The van der Waals surface area contributed by atoms with Crippen LogP contribution >= 0.6 is 11.8 Å². The summed E-state index contributed by atoms with van der Waals surface area (Å²) in [5, 5.41) is 0.101. The summed E-state index contributed by atoms with van der Waals surface area (Å²) in [6, 6.07) is 8.91. The lowest BCUT2D eigenvalue weighted by Gasteiger charge is -2.37. The van der Waals surface area contributed by atoms with Crippen LogP contribution < -0.4 is 5.73 Å². The third kappa shape index (κ3) is 5.23. The third-order valence-electron chi connectivity index (χ3n) is 7.39. The molecule has 0 amide bonds. The number of fused-ring (bicyclic) bond motifs is 1. The summed E-state index contributed by atoms with van der Waals surface area (Å²) < 4.78 is 19.1. The molecule has 3 aliphatic heterocycles. The Morgan fingerprint density at radius 1 is 1.31 bits per heavy atom. The highest BCUT2D eigenvalue weighted by atomic mass is 32.2. The number of hydrogen-bond donors (Lipinski definition) is 1. The molecule has 0 aromatic heterocycles. The number of hydrogen-bond acceptors (Lipinski definition) is 10. The second-order valence-electron chi connectivity index (χ2n) is 10.8. The molecule has 0 bridgehead atoms. The van der Waals surface area contributed by atoms with Crippen LogP contribution in [0.25, 0.3) is 0 Å². The van der Waals surface area contributed by atoms with Crippen LogP contribution in [0, 0.1) is 0 Å². The molecule has 11 heteroatoms. The molecule has 0 radical (unpaired) electrons. The summed E-state index contributed by atoms with van der Waals surface area (Å²) in [4.78, 5) is 28.6. The number of carbonyl (C=O) groups is 1. The van der Waals surface area contributed by atoms with E-state index in [9.17, 15) is 4.79 Å². The van der Waals surface area contributed by atoms with Gasteiger partial charge in [0.15, 0.2) is 14.2 Å². The smallest absolute Gasteiger partial charge is 0.219 e. The Bertz CT molecular complexity index is 1060. The summed E-state index contributed by atoms with van der Waals surface area (Å²) in [6.07, 6.45) is 3.33. The number of nitrogens with two attached hydrogens (primary N) is 1. The molecular formula is C25H37N5O4SSi. The van der Waals surface area contributed by atoms with Crippen molar-refractivity contribution in [3.63, 3.8) is 0 Å². The zero-order valence-electron chi connectivity index (χ0n) is 21.9. The quantitative estimate of drug-likeness (QED) is 0.295. The van der Waals surface area contributed by atoms with Crippen molar-refractivity contribution in [1.29, 1.82) is 0 Å². The van der Waals surface area contributed by atoms with E-state index in [1.54, 1.807) is 36.0 Å². The zero-order chi connectivity index (χ0) is 26.1. The minimum absolute atomic E-state index is 0.101. The van der Waals surface area contributed by atoms with Gasteiger partial charge in [-0.25, -0.2) is 9.98 Å². The molecule has 1 saturated heterocycles. The van der Waals surface area contributed by atoms with Crippen molar-refractivity contribution < 1.29 is 18.7 Å². The predicted molar refractivity (Wildman–Crippen MR) is 147 cm³/mol. The van der Waals surface area contributed by atoms with Crippen LogP contribution in [0.5, 0.6) is 0 Å². The van der Waals surface area contributed by atoms with Crippen LogP contribution in [-0.4, -0.2) is 86.5 Å². The molecule has 4 rings (SSSR count). The van der Waals surface area contributed by atoms with Gasteiger partial charge in [-0.15, -0.1) is 11.8 Å². The lowest BCUT2D eigenvalue weighted by molar-refractivity contribution is -0.0611. The van der Waals surface area contributed by atoms with Crippen LogP contribution in [0.2, 0.25) is 18.1 Å². The molecule has 0 aliphatic carbocycles. The van der Waals surface area contributed by atoms with E-state index in [1.807, 2.05) is 17.2 Å². The van der Waals surface area contributed by atoms with Crippen LogP contribution in [0.15, 0.2) is 45.3 Å². The minimum atomic E-state index is -1.95. The number of rotatable bonds is 9. The maximum absolute atomic E-state index is 13.3. The summed E-state index contributed by atoms with van der Waals surface area (Å²) >= 11 is 1.63. The molecule has 3 aliphatic rings. The lowest BCUT2D eigenvalue weighted by Crippen LogP contribution is -2.59. The molecule has 3 heterocycles. The molecule has 0 saturated carbocycles. The van der Waals surface area contributed by atoms with Crippen molar-refractivity contribution in [2.75, 3.05) is 25.5 Å². The number of nitrogens with zero attached hydrogens (tertiary/aromatic N) is 4. The van der Waals surface area contributed by atoms with Gasteiger partial charge in [-0.05, 0) is 24.4 Å². The zero-order valence-corrected chi connectivity index (χ0v) is 23.7. The van der Waals surface area contributed by atoms with Crippen molar-refractivity contribution in [1.82, 2.24) is 4.90 Å². The van der Waals surface area contributed by atoms with Gasteiger partial charge >= 0.3 is 0 Å². The Kier molecular flexibility index (Phi) is 7.89. The number of benzene rings is 1. The van der Waals surface area contributed by atoms with Gasteiger partial charge in [-0.2, -0.15) is 0 Å². The van der Waals surface area contributed by atoms with Crippen molar-refractivity contribution >= 4 is 43.7 Å². The lowest BCUT2D eigenvalue weighted by atomic mass is 9.93. The van der Waals surface area contributed by atoms with Crippen molar-refractivity contribution in [3.8, 4) is 0 Å². The standard InChI is InChI=1S/C25H37N5O4SSi/c1-24(2,3)36(5,6)33-13-19-18(32-16-35-4)12-20(34-19)30-15-28-21-23(30)27-14-29-25(21,26)22(31)17-10-8-7-9-11-17/h7-11,14,18-20H,12-13,15-16,26H2,1-6H3/t18-,19+,20+,25?/m0/s1. The summed E-state index contributed by atoms with van der Waals surface area (Å²) in [5.41, 5.74) is 5.79. The monoisotopic (exact) mass is 531 g/mol. The molecular weight excluding hydrogens is 494 g/mol. The van der Waals surface area contributed by atoms with E-state index in [-0.39, 0.29) is 35.9 Å². The van der Waals surface area contributed by atoms with E-state index in [0.717, 1.165) is 0 Å². The highest BCUT2D eigenvalue weighted by molar-refractivity contribution is 7.98. The molecule has 2 N–H and O–H groups in total. The Morgan fingerprint density at radius 3 is 2.69 bits per heavy atom. The van der Waals surface area contributed by atoms with Crippen LogP contribution in [0.1, 0.15) is 37.6 Å². The van der Waals surface area contributed by atoms with Gasteiger partial charge in [0.1, 0.15) is 31.1 Å². The molecule has 1 aromatic rings. The Balaban J connectivity index is 1.50. The largest absolute Gasteiger partial charge is 0.414 e. The van der Waals surface area contributed by atoms with E-state index in [0.29, 0.717) is 36.1 Å². The van der Waals surface area contributed by atoms with E-state index in [1.165, 1.54) is 6.34 Å². The first kappa shape index (κ1) is 27.1. The minimum Gasteiger partial charge on any atom is -0.414 e. The van der Waals surface area contributed by atoms with E-state index in [2.05, 4.69) is 48.8 Å². The highest BCUT2D eigenvalue weighted by Crippen LogP contribution is 2.38. The second kappa shape index (κ2) is 10.5. The molecule has 0 spiro atoms. The van der Waals surface area contributed by atoms with Gasteiger partial charge in [0.25, 0.3) is 0 Å². The first-order valence-corrected chi connectivity index (χ1v) is 16.5. The predicted octanol–water partition coefficient (Wildman–Crippen LogP) is 3.52. The van der Waals surface area contributed by atoms with Gasteiger partial charge in [-0.3, -0.25) is 15.5 Å². The van der Waals surface area contributed by atoms with Crippen molar-refractivity contribution in [2.45, 2.75) is 69.4 Å². The van der Waals surface area contributed by atoms with Crippen molar-refractivity contribution in [3.05, 3.63) is 35.9 Å². The summed E-state index contributed by atoms with van der Waals surface area (Å²) in [5.74, 6) is 0.780. The molecule has 1 unspecified atom stereocenters. The average molecular weight is 532 g/mol. The SMILES string of the molecule is CSCO[C@H]1C[C@H](N2CN=C3C2=NC=NC3(N)C(=O)c2ccccc2)O[C@@H]1CO[Si](C)(C)C(C)(C)C. The van der Waals surface area contributed by atoms with E-state index < -0.39 is 14.0 Å². The molecule has 196 valence electrons. The fourth-order valence-corrected chi connectivity index (χ4v) is 5.49. The Morgan fingerprint density at radius 2 is 2.03 bits per heavy atom. The van der Waals surface area contributed by atoms with Gasteiger partial charge < -0.3 is 18.8 Å². The number of ether oxygens (including phenoxy) is 2. The fraction of sp³-hybridized carbons (Fsp3) is 0.600. The normalized spacial score (nSPS) is 28.2. The van der Waals surface area contributed by atoms with Crippen LogP contribution in [0.3, 0.4) is 0 Å². The molecule has 1 fully saturated rings. The topological polar surface area (TPSA) is 111 Å². The Hall–Kier alpha value is -1.89. The van der Waals surface area contributed by atoms with Gasteiger partial charge in [-0.1, -0.05) is 51.1 Å². The number of carbonyl (C=O) groups excluding carboxylic acids is 1. The maximum Gasteiger partial charge on any atom is 0.219 e. The second-order valence-corrected chi connectivity index (χ2v) is 16.4. The molecule has 9 nitrogen and oxygen atoms in total. The van der Waals surface area contributed by atoms with Gasteiger partial charge in [0.05, 0.1) is 18.6 Å². The number of aliphatic imine (C=N–C) groups is 3. The van der Waals surface area contributed by atoms with Gasteiger partial charge in [0, 0.05) is 12.0 Å². The number of amidine groups is 1.